The third-order valence-electron chi connectivity index (χ3n) is 4.98. The number of aliphatic hydroxyl groups excluding tert-OH is 2. The molecule has 1 aromatic heterocycles. The first-order chi connectivity index (χ1) is 13.0. The van der Waals surface area contributed by atoms with Gasteiger partial charge in [-0.3, -0.25) is 0 Å². The van der Waals surface area contributed by atoms with Crippen molar-refractivity contribution in [3.63, 3.8) is 0 Å². The van der Waals surface area contributed by atoms with Crippen molar-refractivity contribution in [2.75, 3.05) is 13.2 Å². The van der Waals surface area contributed by atoms with E-state index >= 15 is 0 Å². The second kappa shape index (κ2) is 8.55. The molecule has 0 aliphatic heterocycles. The third-order valence-corrected chi connectivity index (χ3v) is 4.98. The summed E-state index contributed by atoms with van der Waals surface area (Å²) in [5.41, 5.74) is 5.26. The maximum Gasteiger partial charge on any atom is 0.125 e. The summed E-state index contributed by atoms with van der Waals surface area (Å²) in [6.07, 6.45) is 0.668. The third kappa shape index (κ3) is 4.31. The number of benzene rings is 2. The number of hydrogen-bond acceptors (Lipinski definition) is 4. The smallest absolute Gasteiger partial charge is 0.125 e. The van der Waals surface area contributed by atoms with Crippen LogP contribution in [0, 0.1) is 20.8 Å². The van der Waals surface area contributed by atoms with E-state index in [1.807, 2.05) is 48.7 Å². The largest absolute Gasteiger partial charge is 0.490 e. The maximum atomic E-state index is 10.6. The fraction of sp³-hybridized carbons (Fsp3) is 0.409. The van der Waals surface area contributed by atoms with Gasteiger partial charge in [0, 0.05) is 13.0 Å². The second-order valence-electron chi connectivity index (χ2n) is 7.07. The van der Waals surface area contributed by atoms with Crippen LogP contribution < -0.4 is 4.74 Å². The standard InChI is InChI=1S/C22H28N2O3/c1-15-10-11-16(2)22(17(15)3)27-14-18(26)13-24-20-8-5-4-7-19(20)23-21(24)9-6-12-25/h4-5,7-8,10-11,18,25-26H,6,9,12-14H2,1-3H3. The summed E-state index contributed by atoms with van der Waals surface area (Å²) in [6.45, 7) is 6.87. The molecule has 0 fully saturated rings. The van der Waals surface area contributed by atoms with E-state index in [1.165, 1.54) is 5.56 Å². The molecule has 5 nitrogen and oxygen atoms in total. The molecule has 0 saturated carbocycles. The Morgan fingerprint density at radius 3 is 2.59 bits per heavy atom. The van der Waals surface area contributed by atoms with Crippen LogP contribution in [0.4, 0.5) is 0 Å². The number of nitrogens with zero attached hydrogens (tertiary/aromatic N) is 2. The molecule has 0 amide bonds. The summed E-state index contributed by atoms with van der Waals surface area (Å²) in [4.78, 5) is 4.66. The van der Waals surface area contributed by atoms with Gasteiger partial charge in [0.2, 0.25) is 0 Å². The van der Waals surface area contributed by atoms with Crippen molar-refractivity contribution in [1.82, 2.24) is 9.55 Å². The minimum Gasteiger partial charge on any atom is -0.490 e. The molecule has 0 spiro atoms. The van der Waals surface area contributed by atoms with Gasteiger partial charge in [-0.25, -0.2) is 4.98 Å². The lowest BCUT2D eigenvalue weighted by Crippen LogP contribution is -2.25. The molecule has 27 heavy (non-hydrogen) atoms. The van der Waals surface area contributed by atoms with Gasteiger partial charge in [0.25, 0.3) is 0 Å². The summed E-state index contributed by atoms with van der Waals surface area (Å²) in [5.74, 6) is 1.73. The Balaban J connectivity index is 1.76. The van der Waals surface area contributed by atoms with Crippen LogP contribution in [0.1, 0.15) is 28.9 Å². The Bertz CT molecular complexity index is 917. The average Bonchev–Trinajstić information content (AvgIpc) is 3.00. The van der Waals surface area contributed by atoms with Crippen LogP contribution in [0.3, 0.4) is 0 Å². The topological polar surface area (TPSA) is 67.5 Å². The fourth-order valence-corrected chi connectivity index (χ4v) is 3.35. The number of fused-ring (bicyclic) bond motifs is 1. The monoisotopic (exact) mass is 368 g/mol. The lowest BCUT2D eigenvalue weighted by Gasteiger charge is -2.18. The van der Waals surface area contributed by atoms with Crippen LogP contribution in [0.2, 0.25) is 0 Å². The maximum absolute atomic E-state index is 10.6. The van der Waals surface area contributed by atoms with Crippen molar-refractivity contribution in [3.8, 4) is 5.75 Å². The molecule has 0 aliphatic carbocycles. The summed E-state index contributed by atoms with van der Waals surface area (Å²) >= 11 is 0. The van der Waals surface area contributed by atoms with Gasteiger partial charge < -0.3 is 19.5 Å². The Morgan fingerprint density at radius 2 is 1.81 bits per heavy atom. The number of ether oxygens (including phenoxy) is 1. The molecular formula is C22H28N2O3. The van der Waals surface area contributed by atoms with E-state index < -0.39 is 6.10 Å². The molecule has 5 heteroatoms. The highest BCUT2D eigenvalue weighted by Gasteiger charge is 2.15. The Kier molecular flexibility index (Phi) is 6.14. The van der Waals surface area contributed by atoms with Crippen LogP contribution >= 0.6 is 0 Å². The zero-order chi connectivity index (χ0) is 19.4. The quantitative estimate of drug-likeness (QED) is 0.640. The van der Waals surface area contributed by atoms with Gasteiger partial charge in [-0.2, -0.15) is 0 Å². The van der Waals surface area contributed by atoms with Gasteiger partial charge in [-0.1, -0.05) is 24.3 Å². The minimum absolute atomic E-state index is 0.126. The summed E-state index contributed by atoms with van der Waals surface area (Å²) in [6, 6.07) is 12.0. The van der Waals surface area contributed by atoms with Gasteiger partial charge in [-0.15, -0.1) is 0 Å². The number of hydrogen-bond donors (Lipinski definition) is 2. The van der Waals surface area contributed by atoms with Gasteiger partial charge in [-0.05, 0) is 56.0 Å². The second-order valence-corrected chi connectivity index (χ2v) is 7.07. The van der Waals surface area contributed by atoms with Crippen LogP contribution in [0.25, 0.3) is 11.0 Å². The first-order valence-corrected chi connectivity index (χ1v) is 9.44. The molecule has 144 valence electrons. The van der Waals surface area contributed by atoms with Gasteiger partial charge in [0.1, 0.15) is 24.3 Å². The fourth-order valence-electron chi connectivity index (χ4n) is 3.35. The highest BCUT2D eigenvalue weighted by atomic mass is 16.5. The molecule has 0 aliphatic rings. The molecule has 3 aromatic rings. The predicted molar refractivity (Wildman–Crippen MR) is 107 cm³/mol. The molecule has 0 bridgehead atoms. The molecule has 0 saturated heterocycles. The van der Waals surface area contributed by atoms with Crippen LogP contribution in [-0.2, 0) is 13.0 Å². The van der Waals surface area contributed by atoms with Crippen molar-refractivity contribution < 1.29 is 14.9 Å². The van der Waals surface area contributed by atoms with Crippen molar-refractivity contribution in [2.24, 2.45) is 0 Å². The molecule has 1 unspecified atom stereocenters. The molecule has 0 radical (unpaired) electrons. The molecule has 3 rings (SSSR count). The Hall–Kier alpha value is -2.37. The van der Waals surface area contributed by atoms with Gasteiger partial charge in [0.05, 0.1) is 17.6 Å². The number of aliphatic hydroxyl groups is 2. The summed E-state index contributed by atoms with van der Waals surface area (Å²) in [5, 5.41) is 19.8. The zero-order valence-corrected chi connectivity index (χ0v) is 16.3. The SMILES string of the molecule is Cc1ccc(C)c(OCC(O)Cn2c(CCCO)nc3ccccc32)c1C. The molecule has 1 heterocycles. The van der Waals surface area contributed by atoms with Crippen molar-refractivity contribution >= 4 is 11.0 Å². The molecule has 2 N–H and O–H groups in total. The highest BCUT2D eigenvalue weighted by molar-refractivity contribution is 5.75. The predicted octanol–water partition coefficient (Wildman–Crippen LogP) is 3.33. The van der Waals surface area contributed by atoms with Crippen LogP contribution in [-0.4, -0.2) is 39.1 Å². The van der Waals surface area contributed by atoms with E-state index in [0.717, 1.165) is 33.7 Å². The normalized spacial score (nSPS) is 12.5. The minimum atomic E-state index is -0.658. The number of imidazole rings is 1. The lowest BCUT2D eigenvalue weighted by atomic mass is 10.1. The Labute approximate surface area is 160 Å². The zero-order valence-electron chi connectivity index (χ0n) is 16.3. The first-order valence-electron chi connectivity index (χ1n) is 9.44. The lowest BCUT2D eigenvalue weighted by molar-refractivity contribution is 0.0919. The van der Waals surface area contributed by atoms with E-state index in [9.17, 15) is 5.11 Å². The van der Waals surface area contributed by atoms with Crippen molar-refractivity contribution in [2.45, 2.75) is 46.3 Å². The molecular weight excluding hydrogens is 340 g/mol. The summed E-state index contributed by atoms with van der Waals surface area (Å²) in [7, 11) is 0. The number of para-hydroxylation sites is 2. The van der Waals surface area contributed by atoms with Crippen molar-refractivity contribution in [3.05, 3.63) is 58.9 Å². The van der Waals surface area contributed by atoms with E-state index in [-0.39, 0.29) is 13.2 Å². The number of rotatable bonds is 8. The highest BCUT2D eigenvalue weighted by Crippen LogP contribution is 2.26. The average molecular weight is 368 g/mol. The van der Waals surface area contributed by atoms with Crippen LogP contribution in [0.5, 0.6) is 5.75 Å². The van der Waals surface area contributed by atoms with E-state index in [4.69, 9.17) is 9.84 Å². The van der Waals surface area contributed by atoms with Crippen molar-refractivity contribution in [1.29, 1.82) is 0 Å². The summed E-state index contributed by atoms with van der Waals surface area (Å²) < 4.78 is 8.00. The van der Waals surface area contributed by atoms with Crippen LogP contribution in [0.15, 0.2) is 36.4 Å². The molecule has 2 aromatic carbocycles. The van der Waals surface area contributed by atoms with Gasteiger partial charge >= 0.3 is 0 Å². The number of aromatic nitrogens is 2. The van der Waals surface area contributed by atoms with E-state index in [2.05, 4.69) is 18.0 Å². The number of aryl methyl sites for hydroxylation is 3. The van der Waals surface area contributed by atoms with Gasteiger partial charge in [0.15, 0.2) is 0 Å². The first kappa shape index (κ1) is 19.4. The Morgan fingerprint density at radius 1 is 1.07 bits per heavy atom. The molecule has 1 atom stereocenters. The van der Waals surface area contributed by atoms with E-state index in [0.29, 0.717) is 19.4 Å². The van der Waals surface area contributed by atoms with E-state index in [1.54, 1.807) is 0 Å².